The van der Waals surface area contributed by atoms with E-state index in [2.05, 4.69) is 36.5 Å². The molecule has 0 aliphatic rings. The number of carbonyl (C=O) groups is 2. The molecule has 6 nitrogen and oxygen atoms in total. The van der Waals surface area contributed by atoms with Crippen molar-refractivity contribution in [3.63, 3.8) is 0 Å². The van der Waals surface area contributed by atoms with Gasteiger partial charge in [-0.05, 0) is 29.1 Å². The fourth-order valence-electron chi connectivity index (χ4n) is 2.05. The second-order valence-corrected chi connectivity index (χ2v) is 6.85. The van der Waals surface area contributed by atoms with Crippen LogP contribution in [0.2, 0.25) is 0 Å². The highest BCUT2D eigenvalue weighted by Crippen LogP contribution is 2.23. The van der Waals surface area contributed by atoms with Crippen LogP contribution < -0.4 is 10.6 Å². The molecule has 126 valence electrons. The number of anilines is 1. The Morgan fingerprint density at radius 1 is 1.08 bits per heavy atom. The molecule has 0 saturated heterocycles. The maximum absolute atomic E-state index is 12.4. The van der Waals surface area contributed by atoms with E-state index in [1.54, 1.807) is 11.4 Å². The van der Waals surface area contributed by atoms with E-state index in [-0.39, 0.29) is 11.6 Å². The van der Waals surface area contributed by atoms with Crippen LogP contribution in [-0.4, -0.2) is 21.8 Å². The first-order chi connectivity index (χ1) is 12.1. The second kappa shape index (κ2) is 8.00. The molecule has 0 bridgehead atoms. The molecular formula is C17H13BrN4O2S. The molecule has 0 aliphatic heterocycles. The normalized spacial score (nSPS) is 10.3. The summed E-state index contributed by atoms with van der Waals surface area (Å²) in [7, 11) is 0. The van der Waals surface area contributed by atoms with Crippen molar-refractivity contribution in [1.82, 2.24) is 15.3 Å². The van der Waals surface area contributed by atoms with Crippen LogP contribution in [0, 0.1) is 0 Å². The number of hydrogen-bond donors (Lipinski definition) is 2. The number of halogens is 1. The van der Waals surface area contributed by atoms with Gasteiger partial charge in [0.1, 0.15) is 10.6 Å². The summed E-state index contributed by atoms with van der Waals surface area (Å²) in [5, 5.41) is 7.30. The van der Waals surface area contributed by atoms with E-state index in [9.17, 15) is 9.59 Å². The van der Waals surface area contributed by atoms with Crippen LogP contribution in [0.4, 0.5) is 5.69 Å². The van der Waals surface area contributed by atoms with Gasteiger partial charge in [-0.15, -0.1) is 11.3 Å². The Balaban J connectivity index is 1.65. The number of hydrogen-bond acceptors (Lipinski definition) is 5. The van der Waals surface area contributed by atoms with Crippen LogP contribution in [0.3, 0.4) is 0 Å². The number of nitrogens with one attached hydrogen (secondary N) is 2. The van der Waals surface area contributed by atoms with Gasteiger partial charge in [-0.1, -0.05) is 28.1 Å². The van der Waals surface area contributed by atoms with Gasteiger partial charge in [0.25, 0.3) is 11.8 Å². The predicted molar refractivity (Wildman–Crippen MR) is 99.6 cm³/mol. The molecule has 2 heterocycles. The average molecular weight is 417 g/mol. The van der Waals surface area contributed by atoms with Crippen molar-refractivity contribution in [1.29, 1.82) is 0 Å². The zero-order valence-electron chi connectivity index (χ0n) is 12.9. The Morgan fingerprint density at radius 2 is 1.88 bits per heavy atom. The third kappa shape index (κ3) is 4.49. The molecule has 2 aromatic heterocycles. The standard InChI is InChI=1S/C17H13BrN4O2S/c18-12-3-1-11(2-4-12)9-21-17(24)15-13(5-8-25-15)22-16(23)14-10-19-6-7-20-14/h1-8,10H,9H2,(H,21,24)(H,22,23). The molecule has 25 heavy (non-hydrogen) atoms. The monoisotopic (exact) mass is 416 g/mol. The van der Waals surface area contributed by atoms with Gasteiger partial charge < -0.3 is 10.6 Å². The summed E-state index contributed by atoms with van der Waals surface area (Å²) in [5.74, 6) is -0.652. The summed E-state index contributed by atoms with van der Waals surface area (Å²) >= 11 is 4.64. The molecule has 0 saturated carbocycles. The molecule has 0 radical (unpaired) electrons. The van der Waals surface area contributed by atoms with Crippen LogP contribution in [0.15, 0.2) is 58.8 Å². The predicted octanol–water partition coefficient (Wildman–Crippen LogP) is 3.48. The van der Waals surface area contributed by atoms with Gasteiger partial charge in [0.15, 0.2) is 0 Å². The Labute approximate surface area is 156 Å². The Morgan fingerprint density at radius 3 is 2.60 bits per heavy atom. The quantitative estimate of drug-likeness (QED) is 0.666. The van der Waals surface area contributed by atoms with Gasteiger partial charge >= 0.3 is 0 Å². The van der Waals surface area contributed by atoms with Crippen molar-refractivity contribution in [3.05, 3.63) is 74.9 Å². The number of benzene rings is 1. The van der Waals surface area contributed by atoms with Crippen LogP contribution in [0.5, 0.6) is 0 Å². The third-order valence-corrected chi connectivity index (χ3v) is 4.72. The highest BCUT2D eigenvalue weighted by molar-refractivity contribution is 9.10. The van der Waals surface area contributed by atoms with Gasteiger partial charge in [0.05, 0.1) is 11.9 Å². The Bertz CT molecular complexity index is 881. The van der Waals surface area contributed by atoms with Crippen LogP contribution >= 0.6 is 27.3 Å². The average Bonchev–Trinajstić information content (AvgIpc) is 3.10. The minimum absolute atomic E-state index is 0.190. The number of aromatic nitrogens is 2. The van der Waals surface area contributed by atoms with E-state index < -0.39 is 5.91 Å². The second-order valence-electron chi connectivity index (χ2n) is 5.02. The van der Waals surface area contributed by atoms with E-state index in [1.165, 1.54) is 29.9 Å². The lowest BCUT2D eigenvalue weighted by molar-refractivity contribution is 0.0956. The molecule has 0 atom stereocenters. The summed E-state index contributed by atoms with van der Waals surface area (Å²) in [6.07, 6.45) is 4.30. The molecule has 2 amide bonds. The van der Waals surface area contributed by atoms with E-state index >= 15 is 0 Å². The molecule has 3 rings (SSSR count). The van der Waals surface area contributed by atoms with Crippen molar-refractivity contribution in [3.8, 4) is 0 Å². The smallest absolute Gasteiger partial charge is 0.275 e. The minimum Gasteiger partial charge on any atom is -0.347 e. The summed E-state index contributed by atoms with van der Waals surface area (Å²) < 4.78 is 0.981. The van der Waals surface area contributed by atoms with Crippen LogP contribution in [0.1, 0.15) is 25.7 Å². The highest BCUT2D eigenvalue weighted by Gasteiger charge is 2.16. The molecular weight excluding hydrogens is 404 g/mol. The number of rotatable bonds is 5. The van der Waals surface area contributed by atoms with Gasteiger partial charge in [0.2, 0.25) is 0 Å². The lowest BCUT2D eigenvalue weighted by atomic mass is 10.2. The van der Waals surface area contributed by atoms with Gasteiger partial charge in [0, 0.05) is 23.4 Å². The lowest BCUT2D eigenvalue weighted by Gasteiger charge is -2.07. The van der Waals surface area contributed by atoms with Crippen molar-refractivity contribution in [2.45, 2.75) is 6.54 Å². The summed E-state index contributed by atoms with van der Waals surface area (Å²) in [6.45, 7) is 0.404. The maximum atomic E-state index is 12.4. The minimum atomic E-state index is -0.409. The number of nitrogens with zero attached hydrogens (tertiary/aromatic N) is 2. The molecule has 2 N–H and O–H groups in total. The number of amides is 2. The van der Waals surface area contributed by atoms with E-state index in [0.29, 0.717) is 17.1 Å². The fourth-order valence-corrected chi connectivity index (χ4v) is 3.08. The first-order valence-corrected chi connectivity index (χ1v) is 8.98. The first-order valence-electron chi connectivity index (χ1n) is 7.31. The first kappa shape index (κ1) is 17.2. The Hall–Kier alpha value is -2.58. The van der Waals surface area contributed by atoms with Gasteiger partial charge in [-0.25, -0.2) is 4.98 Å². The summed E-state index contributed by atoms with van der Waals surface area (Å²) in [5.41, 5.74) is 1.63. The van der Waals surface area contributed by atoms with Crippen molar-refractivity contribution >= 4 is 44.8 Å². The van der Waals surface area contributed by atoms with Crippen LogP contribution in [0.25, 0.3) is 0 Å². The van der Waals surface area contributed by atoms with E-state index in [0.717, 1.165) is 10.0 Å². The van der Waals surface area contributed by atoms with Gasteiger partial charge in [-0.3, -0.25) is 14.6 Å². The van der Waals surface area contributed by atoms with Gasteiger partial charge in [-0.2, -0.15) is 0 Å². The van der Waals surface area contributed by atoms with E-state index in [4.69, 9.17) is 0 Å². The molecule has 1 aromatic carbocycles. The third-order valence-electron chi connectivity index (χ3n) is 3.28. The summed E-state index contributed by atoms with van der Waals surface area (Å²) in [6, 6.07) is 9.37. The zero-order chi connectivity index (χ0) is 17.6. The van der Waals surface area contributed by atoms with Crippen molar-refractivity contribution in [2.24, 2.45) is 0 Å². The van der Waals surface area contributed by atoms with Crippen LogP contribution in [-0.2, 0) is 6.54 Å². The summed E-state index contributed by atoms with van der Waals surface area (Å²) in [4.78, 5) is 32.8. The topological polar surface area (TPSA) is 84.0 Å². The highest BCUT2D eigenvalue weighted by atomic mass is 79.9. The molecule has 0 fully saturated rings. The number of carbonyl (C=O) groups excluding carboxylic acids is 2. The Kier molecular flexibility index (Phi) is 5.52. The lowest BCUT2D eigenvalue weighted by Crippen LogP contribution is -2.23. The maximum Gasteiger partial charge on any atom is 0.275 e. The number of thiophene rings is 1. The molecule has 0 unspecified atom stereocenters. The molecule has 3 aromatic rings. The SMILES string of the molecule is O=C(Nc1ccsc1C(=O)NCc1ccc(Br)cc1)c1cnccn1. The molecule has 0 spiro atoms. The molecule has 0 aliphatic carbocycles. The largest absolute Gasteiger partial charge is 0.347 e. The van der Waals surface area contributed by atoms with E-state index in [1.807, 2.05) is 24.3 Å². The van der Waals surface area contributed by atoms with Crippen molar-refractivity contribution < 1.29 is 9.59 Å². The fraction of sp³-hybridized carbons (Fsp3) is 0.0588. The zero-order valence-corrected chi connectivity index (χ0v) is 15.3. The molecule has 8 heteroatoms. The van der Waals surface area contributed by atoms with Crippen molar-refractivity contribution in [2.75, 3.05) is 5.32 Å².